The Kier molecular flexibility index (Phi) is 3.47. The van der Waals surface area contributed by atoms with Gasteiger partial charge >= 0.3 is 0 Å². The minimum absolute atomic E-state index is 0.0212. The van der Waals surface area contributed by atoms with Crippen molar-refractivity contribution in [3.05, 3.63) is 23.8 Å². The Morgan fingerprint density at radius 3 is 2.95 bits per heavy atom. The summed E-state index contributed by atoms with van der Waals surface area (Å²) in [5, 5.41) is 5.39. The largest absolute Gasteiger partial charge is 0.482 e. The van der Waals surface area contributed by atoms with E-state index < -0.39 is 0 Å². The van der Waals surface area contributed by atoms with Crippen molar-refractivity contribution in [2.24, 2.45) is 0 Å². The minimum atomic E-state index is -0.249. The topological polar surface area (TPSA) is 87.7 Å². The van der Waals surface area contributed by atoms with Crippen LogP contribution in [-0.2, 0) is 9.59 Å². The van der Waals surface area contributed by atoms with E-state index in [1.54, 1.807) is 18.2 Å². The number of anilines is 1. The maximum absolute atomic E-state index is 12.5. The highest BCUT2D eigenvalue weighted by Crippen LogP contribution is 2.28. The molecule has 1 aromatic carbocycles. The van der Waals surface area contributed by atoms with Crippen LogP contribution in [0.4, 0.5) is 5.69 Å². The van der Waals surface area contributed by atoms with E-state index in [4.69, 9.17) is 4.74 Å². The van der Waals surface area contributed by atoms with Gasteiger partial charge in [0.1, 0.15) is 5.75 Å². The number of nitrogens with zero attached hydrogens (tertiary/aromatic N) is 1. The maximum atomic E-state index is 12.5. The first-order chi connectivity index (χ1) is 10.1. The molecular formula is C14H15N3O4. The first kappa shape index (κ1) is 13.4. The van der Waals surface area contributed by atoms with Crippen molar-refractivity contribution in [3.8, 4) is 5.75 Å². The number of benzene rings is 1. The molecule has 0 saturated carbocycles. The van der Waals surface area contributed by atoms with E-state index in [-0.39, 0.29) is 30.9 Å². The molecule has 7 heteroatoms. The van der Waals surface area contributed by atoms with Crippen LogP contribution >= 0.6 is 0 Å². The van der Waals surface area contributed by atoms with Gasteiger partial charge in [0.05, 0.1) is 12.2 Å². The van der Waals surface area contributed by atoms with Gasteiger partial charge in [-0.25, -0.2) is 0 Å². The van der Waals surface area contributed by atoms with E-state index >= 15 is 0 Å². The Labute approximate surface area is 121 Å². The van der Waals surface area contributed by atoms with Gasteiger partial charge in [0, 0.05) is 18.7 Å². The Morgan fingerprint density at radius 1 is 1.24 bits per heavy atom. The summed E-state index contributed by atoms with van der Waals surface area (Å²) in [4.78, 5) is 36.8. The van der Waals surface area contributed by atoms with E-state index in [1.807, 2.05) is 0 Å². The van der Waals surface area contributed by atoms with Crippen LogP contribution in [0.3, 0.4) is 0 Å². The number of nitrogens with one attached hydrogen (secondary N) is 2. The number of ether oxygens (including phenoxy) is 1. The number of carbonyl (C=O) groups excluding carboxylic acids is 3. The van der Waals surface area contributed by atoms with Gasteiger partial charge in [0.25, 0.3) is 11.8 Å². The molecule has 0 bridgehead atoms. The second kappa shape index (κ2) is 5.43. The highest BCUT2D eigenvalue weighted by atomic mass is 16.5. The highest BCUT2D eigenvalue weighted by molar-refractivity contribution is 6.00. The van der Waals surface area contributed by atoms with Crippen LogP contribution in [0.5, 0.6) is 5.75 Å². The maximum Gasteiger partial charge on any atom is 0.262 e. The molecule has 3 rings (SSSR count). The minimum Gasteiger partial charge on any atom is -0.482 e. The van der Waals surface area contributed by atoms with E-state index in [1.165, 1.54) is 4.90 Å². The molecule has 1 aromatic rings. The predicted molar refractivity (Wildman–Crippen MR) is 74.1 cm³/mol. The quantitative estimate of drug-likeness (QED) is 0.760. The fraction of sp³-hybridized carbons (Fsp3) is 0.357. The van der Waals surface area contributed by atoms with Crippen LogP contribution in [0, 0.1) is 0 Å². The van der Waals surface area contributed by atoms with Crippen LogP contribution in [0.1, 0.15) is 16.8 Å². The Morgan fingerprint density at radius 2 is 2.10 bits per heavy atom. The third-order valence-electron chi connectivity index (χ3n) is 3.41. The van der Waals surface area contributed by atoms with Gasteiger partial charge in [-0.15, -0.1) is 0 Å². The summed E-state index contributed by atoms with van der Waals surface area (Å²) in [6.07, 6.45) is 0.724. The Balaban J connectivity index is 1.82. The third kappa shape index (κ3) is 2.81. The van der Waals surface area contributed by atoms with Crippen molar-refractivity contribution in [2.75, 3.05) is 31.6 Å². The molecule has 2 heterocycles. The molecule has 1 saturated heterocycles. The zero-order valence-corrected chi connectivity index (χ0v) is 11.3. The number of carbonyl (C=O) groups is 3. The molecule has 2 aliphatic heterocycles. The first-order valence-electron chi connectivity index (χ1n) is 6.76. The predicted octanol–water partition coefficient (Wildman–Crippen LogP) is -0.0204. The standard InChI is InChI=1S/C14H15N3O4/c18-12-7-17(5-1-4-15-12)14(20)9-2-3-11-10(6-9)16-13(19)8-21-11/h2-3,6H,1,4-5,7-8H2,(H,15,18)(H,16,19). The smallest absolute Gasteiger partial charge is 0.262 e. The summed E-state index contributed by atoms with van der Waals surface area (Å²) in [7, 11) is 0. The van der Waals surface area contributed by atoms with Crippen molar-refractivity contribution in [1.29, 1.82) is 0 Å². The van der Waals surface area contributed by atoms with Crippen molar-refractivity contribution in [2.45, 2.75) is 6.42 Å². The van der Waals surface area contributed by atoms with E-state index in [2.05, 4.69) is 10.6 Å². The summed E-state index contributed by atoms with van der Waals surface area (Å²) in [5.74, 6) is -0.0915. The van der Waals surface area contributed by atoms with Crippen LogP contribution in [-0.4, -0.2) is 48.9 Å². The SMILES string of the molecule is O=C1CN(C(=O)c2ccc3c(c2)NC(=O)CO3)CCCN1. The summed E-state index contributed by atoms with van der Waals surface area (Å²) in [5.41, 5.74) is 0.908. The summed E-state index contributed by atoms with van der Waals surface area (Å²) < 4.78 is 5.25. The molecule has 0 atom stereocenters. The fourth-order valence-electron chi connectivity index (χ4n) is 2.38. The Hall–Kier alpha value is -2.57. The molecule has 0 aliphatic carbocycles. The molecule has 3 amide bonds. The lowest BCUT2D eigenvalue weighted by Crippen LogP contribution is -2.37. The normalized spacial score (nSPS) is 18.0. The lowest BCUT2D eigenvalue weighted by Gasteiger charge is -2.21. The molecule has 0 aromatic heterocycles. The molecule has 0 unspecified atom stereocenters. The Bertz CT molecular complexity index is 614. The van der Waals surface area contributed by atoms with Gasteiger partial charge in [0.2, 0.25) is 5.91 Å². The highest BCUT2D eigenvalue weighted by Gasteiger charge is 2.23. The van der Waals surface area contributed by atoms with Crippen molar-refractivity contribution < 1.29 is 19.1 Å². The number of hydrogen-bond acceptors (Lipinski definition) is 4. The van der Waals surface area contributed by atoms with E-state index in [9.17, 15) is 14.4 Å². The molecule has 7 nitrogen and oxygen atoms in total. The van der Waals surface area contributed by atoms with Gasteiger partial charge < -0.3 is 20.3 Å². The number of fused-ring (bicyclic) bond motifs is 1. The number of amides is 3. The van der Waals surface area contributed by atoms with Crippen molar-refractivity contribution in [1.82, 2.24) is 10.2 Å². The lowest BCUT2D eigenvalue weighted by atomic mass is 10.1. The molecule has 21 heavy (non-hydrogen) atoms. The van der Waals surface area contributed by atoms with Crippen LogP contribution in [0.2, 0.25) is 0 Å². The van der Waals surface area contributed by atoms with Crippen LogP contribution < -0.4 is 15.4 Å². The lowest BCUT2D eigenvalue weighted by molar-refractivity contribution is -0.121. The zero-order valence-electron chi connectivity index (χ0n) is 11.3. The molecule has 1 fully saturated rings. The van der Waals surface area contributed by atoms with Crippen LogP contribution in [0.15, 0.2) is 18.2 Å². The van der Waals surface area contributed by atoms with Crippen LogP contribution in [0.25, 0.3) is 0 Å². The second-order valence-electron chi connectivity index (χ2n) is 4.98. The number of hydrogen-bond donors (Lipinski definition) is 2. The number of rotatable bonds is 1. The van der Waals surface area contributed by atoms with Gasteiger partial charge in [-0.05, 0) is 24.6 Å². The van der Waals surface area contributed by atoms with Gasteiger partial charge in [0.15, 0.2) is 6.61 Å². The summed E-state index contributed by atoms with van der Waals surface area (Å²) in [6.45, 7) is 1.14. The van der Waals surface area contributed by atoms with E-state index in [0.29, 0.717) is 30.1 Å². The second-order valence-corrected chi connectivity index (χ2v) is 4.98. The van der Waals surface area contributed by atoms with Crippen molar-refractivity contribution >= 4 is 23.4 Å². The summed E-state index contributed by atoms with van der Waals surface area (Å²) in [6, 6.07) is 4.87. The van der Waals surface area contributed by atoms with Gasteiger partial charge in [-0.2, -0.15) is 0 Å². The fourth-order valence-corrected chi connectivity index (χ4v) is 2.38. The monoisotopic (exact) mass is 289 g/mol. The molecule has 2 N–H and O–H groups in total. The molecular weight excluding hydrogens is 274 g/mol. The first-order valence-corrected chi connectivity index (χ1v) is 6.76. The average molecular weight is 289 g/mol. The van der Waals surface area contributed by atoms with Crippen molar-refractivity contribution in [3.63, 3.8) is 0 Å². The molecule has 0 spiro atoms. The molecule has 110 valence electrons. The van der Waals surface area contributed by atoms with E-state index in [0.717, 1.165) is 6.42 Å². The van der Waals surface area contributed by atoms with Gasteiger partial charge in [-0.3, -0.25) is 14.4 Å². The molecule has 2 aliphatic rings. The van der Waals surface area contributed by atoms with Gasteiger partial charge in [-0.1, -0.05) is 0 Å². The molecule has 0 radical (unpaired) electrons. The zero-order chi connectivity index (χ0) is 14.8. The third-order valence-corrected chi connectivity index (χ3v) is 3.41. The average Bonchev–Trinajstić information content (AvgIpc) is 2.70. The summed E-state index contributed by atoms with van der Waals surface area (Å²) >= 11 is 0.